The Labute approximate surface area is 88.1 Å². The number of hydrogen-bond donors (Lipinski definition) is 0. The molecule has 0 aliphatic carbocycles. The molecule has 0 aromatic heterocycles. The van der Waals surface area contributed by atoms with E-state index in [4.69, 9.17) is 4.74 Å². The van der Waals surface area contributed by atoms with Crippen LogP contribution in [-0.2, 0) is 0 Å². The van der Waals surface area contributed by atoms with Crippen LogP contribution >= 0.6 is 0 Å². The second kappa shape index (κ2) is 7.43. The summed E-state index contributed by atoms with van der Waals surface area (Å²) in [5.74, 6) is 0.950. The summed E-state index contributed by atoms with van der Waals surface area (Å²) >= 11 is 0. The maximum atomic E-state index is 5.47. The third-order valence-corrected chi connectivity index (χ3v) is 1.39. The van der Waals surface area contributed by atoms with E-state index in [1.165, 1.54) is 12.0 Å². The molecule has 0 radical (unpaired) electrons. The van der Waals surface area contributed by atoms with E-state index < -0.39 is 0 Å². The summed E-state index contributed by atoms with van der Waals surface area (Å²) in [5.41, 5.74) is 1.26. The summed E-state index contributed by atoms with van der Waals surface area (Å²) in [4.78, 5) is 0. The van der Waals surface area contributed by atoms with Crippen molar-refractivity contribution in [1.29, 1.82) is 0 Å². The molecule has 0 saturated heterocycles. The van der Waals surface area contributed by atoms with Gasteiger partial charge >= 0.3 is 0 Å². The molecule has 0 fully saturated rings. The van der Waals surface area contributed by atoms with Gasteiger partial charge in [0.25, 0.3) is 0 Å². The molecule has 0 aliphatic rings. The molecule has 0 atom stereocenters. The fourth-order valence-corrected chi connectivity index (χ4v) is 0.889. The Bertz CT molecular complexity index is 223. The Morgan fingerprint density at radius 1 is 1.07 bits per heavy atom. The molecular weight excluding hydrogens is 172 g/mol. The van der Waals surface area contributed by atoms with Gasteiger partial charge in [-0.15, -0.1) is 0 Å². The van der Waals surface area contributed by atoms with Crippen LogP contribution in [-0.4, -0.2) is 6.10 Å². The SMILES string of the molecule is CCC.Cc1ccc(OC(C)C)cc1. The van der Waals surface area contributed by atoms with E-state index in [2.05, 4.69) is 32.9 Å². The predicted octanol–water partition coefficient (Wildman–Crippen LogP) is 4.20. The minimum atomic E-state index is 0.262. The summed E-state index contributed by atoms with van der Waals surface area (Å²) in [6.07, 6.45) is 1.51. The number of rotatable bonds is 2. The second-order valence-corrected chi connectivity index (χ2v) is 3.69. The molecule has 0 aliphatic heterocycles. The summed E-state index contributed by atoms with van der Waals surface area (Å²) in [6.45, 7) is 10.4. The Hall–Kier alpha value is -0.980. The molecule has 0 bridgehead atoms. The molecule has 80 valence electrons. The van der Waals surface area contributed by atoms with Gasteiger partial charge in [0.05, 0.1) is 6.10 Å². The van der Waals surface area contributed by atoms with Crippen molar-refractivity contribution in [1.82, 2.24) is 0 Å². The van der Waals surface area contributed by atoms with Gasteiger partial charge in [-0.25, -0.2) is 0 Å². The van der Waals surface area contributed by atoms with Crippen molar-refractivity contribution in [2.24, 2.45) is 0 Å². The quantitative estimate of drug-likeness (QED) is 0.685. The highest BCUT2D eigenvalue weighted by Crippen LogP contribution is 2.12. The van der Waals surface area contributed by atoms with Crippen molar-refractivity contribution < 1.29 is 4.74 Å². The van der Waals surface area contributed by atoms with Crippen molar-refractivity contribution in [3.8, 4) is 5.75 Å². The van der Waals surface area contributed by atoms with Gasteiger partial charge in [0.1, 0.15) is 5.75 Å². The molecule has 0 heterocycles. The van der Waals surface area contributed by atoms with Crippen LogP contribution in [0.4, 0.5) is 0 Å². The number of ether oxygens (including phenoxy) is 1. The van der Waals surface area contributed by atoms with Crippen molar-refractivity contribution in [2.75, 3.05) is 0 Å². The summed E-state index contributed by atoms with van der Waals surface area (Å²) in [7, 11) is 0. The Balaban J connectivity index is 0.000000500. The predicted molar refractivity (Wildman–Crippen MR) is 62.9 cm³/mol. The van der Waals surface area contributed by atoms with E-state index in [0.29, 0.717) is 0 Å². The van der Waals surface area contributed by atoms with E-state index in [-0.39, 0.29) is 6.10 Å². The highest BCUT2D eigenvalue weighted by atomic mass is 16.5. The van der Waals surface area contributed by atoms with E-state index in [1.54, 1.807) is 0 Å². The molecule has 0 unspecified atom stereocenters. The van der Waals surface area contributed by atoms with Crippen LogP contribution in [0.3, 0.4) is 0 Å². The monoisotopic (exact) mass is 194 g/mol. The average Bonchev–Trinajstić information content (AvgIpc) is 2.09. The van der Waals surface area contributed by atoms with Crippen LogP contribution in [0.1, 0.15) is 39.7 Å². The second-order valence-electron chi connectivity index (χ2n) is 3.69. The molecule has 1 rings (SSSR count). The average molecular weight is 194 g/mol. The normalized spacial score (nSPS) is 9.29. The number of hydrogen-bond acceptors (Lipinski definition) is 1. The Kier molecular flexibility index (Phi) is 6.91. The van der Waals surface area contributed by atoms with Gasteiger partial charge in [0.2, 0.25) is 0 Å². The van der Waals surface area contributed by atoms with Gasteiger partial charge in [0.15, 0.2) is 0 Å². The molecule has 14 heavy (non-hydrogen) atoms. The lowest BCUT2D eigenvalue weighted by Crippen LogP contribution is -2.05. The van der Waals surface area contributed by atoms with E-state index in [9.17, 15) is 0 Å². The number of benzene rings is 1. The Morgan fingerprint density at radius 3 is 1.86 bits per heavy atom. The van der Waals surface area contributed by atoms with Gasteiger partial charge in [-0.3, -0.25) is 0 Å². The molecule has 1 nitrogen and oxygen atoms in total. The fraction of sp³-hybridized carbons (Fsp3) is 0.538. The van der Waals surface area contributed by atoms with Crippen molar-refractivity contribution in [2.45, 2.75) is 47.1 Å². The van der Waals surface area contributed by atoms with E-state index >= 15 is 0 Å². The summed E-state index contributed by atoms with van der Waals surface area (Å²) in [6, 6.07) is 8.10. The van der Waals surface area contributed by atoms with Crippen LogP contribution in [0.15, 0.2) is 24.3 Å². The van der Waals surface area contributed by atoms with Gasteiger partial charge < -0.3 is 4.74 Å². The van der Waals surface area contributed by atoms with Gasteiger partial charge in [-0.05, 0) is 32.9 Å². The molecule has 0 saturated carbocycles. The van der Waals surface area contributed by atoms with Gasteiger partial charge in [-0.1, -0.05) is 38.0 Å². The molecule has 0 amide bonds. The van der Waals surface area contributed by atoms with Crippen LogP contribution in [0.5, 0.6) is 5.75 Å². The lowest BCUT2D eigenvalue weighted by Gasteiger charge is -2.08. The zero-order valence-corrected chi connectivity index (χ0v) is 10.0. The zero-order chi connectivity index (χ0) is 11.0. The lowest BCUT2D eigenvalue weighted by atomic mass is 10.2. The molecule has 0 N–H and O–H groups in total. The summed E-state index contributed by atoms with van der Waals surface area (Å²) in [5, 5.41) is 0. The Morgan fingerprint density at radius 2 is 1.50 bits per heavy atom. The van der Waals surface area contributed by atoms with Crippen LogP contribution in [0.25, 0.3) is 0 Å². The minimum absolute atomic E-state index is 0.262. The molecule has 0 spiro atoms. The van der Waals surface area contributed by atoms with Crippen LogP contribution in [0, 0.1) is 6.92 Å². The standard InChI is InChI=1S/C10H14O.C3H8/c1-8(2)11-10-6-4-9(3)5-7-10;1-3-2/h4-8H,1-3H3;3H2,1-2H3. The first-order chi connectivity index (χ1) is 6.60. The highest BCUT2D eigenvalue weighted by molar-refractivity contribution is 5.26. The van der Waals surface area contributed by atoms with Gasteiger partial charge in [-0.2, -0.15) is 0 Å². The topological polar surface area (TPSA) is 9.23 Å². The van der Waals surface area contributed by atoms with Crippen molar-refractivity contribution in [3.05, 3.63) is 29.8 Å². The van der Waals surface area contributed by atoms with Crippen molar-refractivity contribution in [3.63, 3.8) is 0 Å². The van der Waals surface area contributed by atoms with Crippen LogP contribution in [0.2, 0.25) is 0 Å². The highest BCUT2D eigenvalue weighted by Gasteiger charge is 1.94. The molecule has 1 aromatic carbocycles. The molecule has 1 aromatic rings. The first-order valence-corrected chi connectivity index (χ1v) is 5.33. The van der Waals surface area contributed by atoms with Crippen LogP contribution < -0.4 is 4.74 Å². The third-order valence-electron chi connectivity index (χ3n) is 1.39. The lowest BCUT2D eigenvalue weighted by molar-refractivity contribution is 0.242. The molecule has 1 heteroatoms. The van der Waals surface area contributed by atoms with E-state index in [0.717, 1.165) is 5.75 Å². The summed E-state index contributed by atoms with van der Waals surface area (Å²) < 4.78 is 5.47. The number of aryl methyl sites for hydroxylation is 1. The first-order valence-electron chi connectivity index (χ1n) is 5.33. The van der Waals surface area contributed by atoms with Crippen molar-refractivity contribution >= 4 is 0 Å². The minimum Gasteiger partial charge on any atom is -0.491 e. The largest absolute Gasteiger partial charge is 0.491 e. The zero-order valence-electron chi connectivity index (χ0n) is 10.0. The maximum Gasteiger partial charge on any atom is 0.119 e. The van der Waals surface area contributed by atoms with Gasteiger partial charge in [0, 0.05) is 0 Å². The fourth-order valence-electron chi connectivity index (χ4n) is 0.889. The van der Waals surface area contributed by atoms with E-state index in [1.807, 2.05) is 26.0 Å². The maximum absolute atomic E-state index is 5.47. The molecular formula is C13H22O. The smallest absolute Gasteiger partial charge is 0.119 e. The third kappa shape index (κ3) is 6.53. The first kappa shape index (κ1) is 13.0.